The Hall–Kier alpha value is -1.68. The Morgan fingerprint density at radius 2 is 2.12 bits per heavy atom. The molecule has 2 atom stereocenters. The van der Waals surface area contributed by atoms with Crippen LogP contribution in [0, 0.1) is 0 Å². The van der Waals surface area contributed by atoms with Gasteiger partial charge in [-0.2, -0.15) is 0 Å². The molecule has 1 aromatic heterocycles. The van der Waals surface area contributed by atoms with Gasteiger partial charge in [0.25, 0.3) is 0 Å². The highest BCUT2D eigenvalue weighted by atomic mass is 15.5. The van der Waals surface area contributed by atoms with Gasteiger partial charge in [0.1, 0.15) is 6.17 Å². The molecule has 0 amide bonds. The Kier molecular flexibility index (Phi) is 3.44. The number of benzene rings is 1. The topological polar surface area (TPSA) is 34.0 Å². The molecule has 1 aromatic carbocycles. The van der Waals surface area contributed by atoms with E-state index in [1.54, 1.807) is 17.1 Å². The van der Waals surface area contributed by atoms with E-state index in [1.807, 2.05) is 37.2 Å². The van der Waals surface area contributed by atoms with Crippen LogP contribution in [0.5, 0.6) is 0 Å². The van der Waals surface area contributed by atoms with Gasteiger partial charge in [-0.25, -0.2) is 4.68 Å². The standard InChI is InChI=1S/C13H18N4/c1-16(2)13(17-11-10-14-15-17)9-8-12-6-4-3-5-7-12/h3-7,10-11,13H,8-9H2,1-2H3/t13-/m1/s1/i9D/t9?,13-. The predicted octanol–water partition coefficient (Wildman–Crippen LogP) is 1.97. The highest BCUT2D eigenvalue weighted by Crippen LogP contribution is 2.15. The molecule has 2 rings (SSSR count). The average molecular weight is 231 g/mol. The molecule has 90 valence electrons. The monoisotopic (exact) mass is 231 g/mol. The molecule has 0 fully saturated rings. The van der Waals surface area contributed by atoms with Crippen LogP contribution in [0.4, 0.5) is 0 Å². The van der Waals surface area contributed by atoms with Gasteiger partial charge in [-0.1, -0.05) is 35.5 Å². The van der Waals surface area contributed by atoms with E-state index >= 15 is 0 Å². The summed E-state index contributed by atoms with van der Waals surface area (Å²) in [7, 11) is 3.91. The van der Waals surface area contributed by atoms with E-state index < -0.39 is 0 Å². The van der Waals surface area contributed by atoms with Crippen LogP contribution in [-0.4, -0.2) is 34.0 Å². The van der Waals surface area contributed by atoms with Crippen LogP contribution in [0.15, 0.2) is 42.7 Å². The van der Waals surface area contributed by atoms with Gasteiger partial charge in [0, 0.05) is 7.57 Å². The summed E-state index contributed by atoms with van der Waals surface area (Å²) in [5.41, 5.74) is 1.17. The number of hydrogen-bond acceptors (Lipinski definition) is 3. The van der Waals surface area contributed by atoms with E-state index in [0.717, 1.165) is 0 Å². The largest absolute Gasteiger partial charge is 0.288 e. The molecule has 0 saturated carbocycles. The van der Waals surface area contributed by atoms with Crippen LogP contribution < -0.4 is 0 Å². The summed E-state index contributed by atoms with van der Waals surface area (Å²) in [6, 6.07) is 10.1. The second kappa shape index (κ2) is 5.59. The average Bonchev–Trinajstić information content (AvgIpc) is 2.83. The molecule has 0 aliphatic carbocycles. The van der Waals surface area contributed by atoms with E-state index in [1.165, 1.54) is 5.56 Å². The second-order valence-corrected chi connectivity index (χ2v) is 4.19. The Balaban J connectivity index is 2.12. The van der Waals surface area contributed by atoms with Crippen LogP contribution in [0.25, 0.3) is 0 Å². The smallest absolute Gasteiger partial charge is 0.105 e. The number of hydrogen-bond donors (Lipinski definition) is 0. The minimum atomic E-state index is -0.288. The molecule has 0 bridgehead atoms. The van der Waals surface area contributed by atoms with Crippen LogP contribution in [0.3, 0.4) is 0 Å². The van der Waals surface area contributed by atoms with Gasteiger partial charge in [-0.3, -0.25) is 4.90 Å². The quantitative estimate of drug-likeness (QED) is 0.789. The van der Waals surface area contributed by atoms with Crippen molar-refractivity contribution < 1.29 is 1.37 Å². The van der Waals surface area contributed by atoms with Crippen LogP contribution in [0.1, 0.15) is 19.5 Å². The SMILES string of the molecule is [2H]C(Cc1ccccc1)[C@H](N(C)C)n1ccnn1. The minimum absolute atomic E-state index is 0.104. The summed E-state index contributed by atoms with van der Waals surface area (Å²) in [6.45, 7) is 0. The zero-order valence-corrected chi connectivity index (χ0v) is 10.2. The van der Waals surface area contributed by atoms with Crippen molar-refractivity contribution in [2.24, 2.45) is 0 Å². The Morgan fingerprint density at radius 1 is 1.35 bits per heavy atom. The molecule has 0 N–H and O–H groups in total. The van der Waals surface area contributed by atoms with Crippen molar-refractivity contribution in [3.05, 3.63) is 48.3 Å². The maximum absolute atomic E-state index is 8.34. The van der Waals surface area contributed by atoms with Gasteiger partial charge in [0.2, 0.25) is 0 Å². The highest BCUT2D eigenvalue weighted by Gasteiger charge is 2.13. The third-order valence-electron chi connectivity index (χ3n) is 2.65. The highest BCUT2D eigenvalue weighted by molar-refractivity contribution is 5.14. The van der Waals surface area contributed by atoms with Gasteiger partial charge in [-0.05, 0) is 32.5 Å². The first-order valence-electron chi connectivity index (χ1n) is 6.24. The van der Waals surface area contributed by atoms with Crippen LogP contribution >= 0.6 is 0 Å². The van der Waals surface area contributed by atoms with Crippen LogP contribution in [-0.2, 0) is 6.42 Å². The molecule has 0 aliphatic rings. The first-order valence-corrected chi connectivity index (χ1v) is 5.67. The van der Waals surface area contributed by atoms with E-state index in [4.69, 9.17) is 1.37 Å². The summed E-state index contributed by atoms with van der Waals surface area (Å²) in [4.78, 5) is 2.00. The summed E-state index contributed by atoms with van der Waals surface area (Å²) in [6.07, 6.45) is 3.75. The first-order chi connectivity index (χ1) is 8.68. The lowest BCUT2D eigenvalue weighted by molar-refractivity contribution is 0.184. The van der Waals surface area contributed by atoms with E-state index in [2.05, 4.69) is 22.4 Å². The Labute approximate surface area is 103 Å². The number of nitrogens with zero attached hydrogens (tertiary/aromatic N) is 4. The normalized spacial score (nSPS) is 15.6. The van der Waals surface area contributed by atoms with Gasteiger partial charge in [0.05, 0.1) is 6.20 Å². The molecule has 4 heteroatoms. The molecular formula is C13H18N4. The number of aromatic nitrogens is 3. The molecule has 0 aliphatic heterocycles. The van der Waals surface area contributed by atoms with Crippen molar-refractivity contribution in [3.8, 4) is 0 Å². The maximum Gasteiger partial charge on any atom is 0.105 e. The zero-order chi connectivity index (χ0) is 13.0. The van der Waals surface area contributed by atoms with Crippen molar-refractivity contribution in [2.75, 3.05) is 14.1 Å². The predicted molar refractivity (Wildman–Crippen MR) is 67.5 cm³/mol. The van der Waals surface area contributed by atoms with Crippen LogP contribution in [0.2, 0.25) is 0 Å². The second-order valence-electron chi connectivity index (χ2n) is 4.19. The summed E-state index contributed by atoms with van der Waals surface area (Å²) >= 11 is 0. The third-order valence-corrected chi connectivity index (χ3v) is 2.65. The molecule has 2 aromatic rings. The molecule has 1 heterocycles. The molecule has 4 nitrogen and oxygen atoms in total. The van der Waals surface area contributed by atoms with Crippen molar-refractivity contribution >= 4 is 0 Å². The van der Waals surface area contributed by atoms with Gasteiger partial charge >= 0.3 is 0 Å². The number of aryl methyl sites for hydroxylation is 1. The molecular weight excluding hydrogens is 212 g/mol. The fraction of sp³-hybridized carbons (Fsp3) is 0.385. The Bertz CT molecular complexity index is 455. The lowest BCUT2D eigenvalue weighted by atomic mass is 10.1. The van der Waals surface area contributed by atoms with Crippen molar-refractivity contribution in [1.29, 1.82) is 0 Å². The van der Waals surface area contributed by atoms with Gasteiger partial charge < -0.3 is 0 Å². The molecule has 0 radical (unpaired) electrons. The number of rotatable bonds is 5. The van der Waals surface area contributed by atoms with Crippen molar-refractivity contribution in [3.63, 3.8) is 0 Å². The maximum atomic E-state index is 8.34. The summed E-state index contributed by atoms with van der Waals surface area (Å²) in [5, 5.41) is 7.82. The lowest BCUT2D eigenvalue weighted by Gasteiger charge is -2.24. The van der Waals surface area contributed by atoms with E-state index in [-0.39, 0.29) is 12.6 Å². The van der Waals surface area contributed by atoms with Gasteiger partial charge in [-0.15, -0.1) is 5.10 Å². The molecule has 0 saturated heterocycles. The van der Waals surface area contributed by atoms with Gasteiger partial charge in [0.15, 0.2) is 0 Å². The lowest BCUT2D eigenvalue weighted by Crippen LogP contribution is -2.26. The fourth-order valence-electron chi connectivity index (χ4n) is 1.77. The summed E-state index contributed by atoms with van der Waals surface area (Å²) < 4.78 is 10.1. The summed E-state index contributed by atoms with van der Waals surface area (Å²) in [5.74, 6) is 0. The molecule has 0 spiro atoms. The molecule has 17 heavy (non-hydrogen) atoms. The first kappa shape index (κ1) is 10.5. The van der Waals surface area contributed by atoms with E-state index in [0.29, 0.717) is 6.42 Å². The van der Waals surface area contributed by atoms with Crippen molar-refractivity contribution in [2.45, 2.75) is 19.0 Å². The minimum Gasteiger partial charge on any atom is -0.288 e. The Morgan fingerprint density at radius 3 is 2.71 bits per heavy atom. The third kappa shape index (κ3) is 3.14. The van der Waals surface area contributed by atoms with E-state index in [9.17, 15) is 0 Å². The molecule has 1 unspecified atom stereocenters. The van der Waals surface area contributed by atoms with Crippen molar-refractivity contribution in [1.82, 2.24) is 19.9 Å². The zero-order valence-electron chi connectivity index (χ0n) is 11.2. The fourth-order valence-corrected chi connectivity index (χ4v) is 1.77.